The number of ether oxygens (including phenoxy) is 5. The van der Waals surface area contributed by atoms with Crippen molar-refractivity contribution >= 4 is 16.4 Å². The summed E-state index contributed by atoms with van der Waals surface area (Å²) in [4.78, 5) is 13.4. The summed E-state index contributed by atoms with van der Waals surface area (Å²) in [6, 6.07) is 28.9. The van der Waals surface area contributed by atoms with Crippen LogP contribution in [-0.4, -0.2) is 61.7 Å². The second-order valence-corrected chi connectivity index (χ2v) is 13.3. The number of hydrogen-bond acceptors (Lipinski definition) is 9. The molecule has 236 valence electrons. The average molecular weight is 626 g/mol. The van der Waals surface area contributed by atoms with Crippen molar-refractivity contribution in [1.29, 1.82) is 0 Å². The van der Waals surface area contributed by atoms with Gasteiger partial charge in [-0.15, -0.1) is 4.31 Å². The Morgan fingerprint density at radius 2 is 1.36 bits per heavy atom. The van der Waals surface area contributed by atoms with Gasteiger partial charge in [0.2, 0.25) is 0 Å². The molecule has 44 heavy (non-hydrogen) atoms. The maximum Gasteiger partial charge on any atom is 0.428 e. The van der Waals surface area contributed by atoms with Gasteiger partial charge in [-0.2, -0.15) is 8.42 Å². The smallest absolute Gasteiger partial charge is 0.428 e. The van der Waals surface area contributed by atoms with Gasteiger partial charge in [-0.3, -0.25) is 0 Å². The third kappa shape index (κ3) is 8.03. The number of carbonyl (C=O) groups excluding carboxylic acids is 1. The molecule has 1 unspecified atom stereocenters. The zero-order valence-corrected chi connectivity index (χ0v) is 26.0. The van der Waals surface area contributed by atoms with Gasteiger partial charge in [0, 0.05) is 6.42 Å². The van der Waals surface area contributed by atoms with Gasteiger partial charge in [0.25, 0.3) is 0 Å². The molecule has 0 N–H and O–H groups in total. The van der Waals surface area contributed by atoms with E-state index >= 15 is 0 Å². The van der Waals surface area contributed by atoms with Gasteiger partial charge in [0.05, 0.1) is 32.5 Å². The molecule has 1 amide bonds. The molecule has 3 aromatic rings. The molecular weight excluding hydrogens is 586 g/mol. The third-order valence-electron chi connectivity index (χ3n) is 7.20. The first kappa shape index (κ1) is 32.1. The van der Waals surface area contributed by atoms with Gasteiger partial charge in [-0.05, 0) is 37.5 Å². The van der Waals surface area contributed by atoms with E-state index in [0.29, 0.717) is 10.9 Å². The van der Waals surface area contributed by atoms with Gasteiger partial charge in [0.15, 0.2) is 5.72 Å². The van der Waals surface area contributed by atoms with Gasteiger partial charge >= 0.3 is 16.4 Å². The van der Waals surface area contributed by atoms with Crippen LogP contribution in [0.3, 0.4) is 0 Å². The van der Waals surface area contributed by atoms with E-state index in [9.17, 15) is 13.2 Å². The van der Waals surface area contributed by atoms with E-state index in [1.54, 1.807) is 20.8 Å². The second-order valence-electron chi connectivity index (χ2n) is 11.9. The fraction of sp³-hybridized carbons (Fsp3) is 0.424. The van der Waals surface area contributed by atoms with Crippen molar-refractivity contribution in [1.82, 2.24) is 4.31 Å². The zero-order chi connectivity index (χ0) is 31.2. The fourth-order valence-corrected chi connectivity index (χ4v) is 6.48. The molecular formula is C33H39NO9S. The summed E-state index contributed by atoms with van der Waals surface area (Å²) in [6.45, 7) is 5.34. The lowest BCUT2D eigenvalue weighted by atomic mass is 9.93. The molecule has 4 atom stereocenters. The summed E-state index contributed by atoms with van der Waals surface area (Å²) in [5, 5.41) is 0. The monoisotopic (exact) mass is 625 g/mol. The van der Waals surface area contributed by atoms with Crippen LogP contribution in [0.15, 0.2) is 91.0 Å². The molecule has 0 aromatic heterocycles. The topological polar surface area (TPSA) is 110 Å². The molecule has 2 aliphatic rings. The number of carbonyl (C=O) groups is 1. The van der Waals surface area contributed by atoms with Crippen LogP contribution in [0.4, 0.5) is 4.79 Å². The third-order valence-corrected chi connectivity index (χ3v) is 8.54. The number of rotatable bonds is 10. The molecule has 2 aliphatic heterocycles. The molecule has 1 spiro atoms. The first-order chi connectivity index (χ1) is 21.0. The van der Waals surface area contributed by atoms with Crippen molar-refractivity contribution in [2.24, 2.45) is 0 Å². The Kier molecular flexibility index (Phi) is 10.0. The molecule has 0 bridgehead atoms. The summed E-state index contributed by atoms with van der Waals surface area (Å²) >= 11 is 0. The minimum Gasteiger partial charge on any atom is -0.443 e. The van der Waals surface area contributed by atoms with E-state index < -0.39 is 52.6 Å². The van der Waals surface area contributed by atoms with Crippen LogP contribution in [0.5, 0.6) is 0 Å². The van der Waals surface area contributed by atoms with E-state index in [0.717, 1.165) is 16.7 Å². The predicted octanol–water partition coefficient (Wildman–Crippen LogP) is 5.37. The summed E-state index contributed by atoms with van der Waals surface area (Å²) < 4.78 is 63.2. The van der Waals surface area contributed by atoms with Crippen molar-refractivity contribution < 1.29 is 41.1 Å². The Balaban J connectivity index is 1.47. The van der Waals surface area contributed by atoms with E-state index in [1.807, 2.05) is 91.0 Å². The quantitative estimate of drug-likeness (QED) is 0.294. The molecule has 2 saturated heterocycles. The highest BCUT2D eigenvalue weighted by Crippen LogP contribution is 2.43. The summed E-state index contributed by atoms with van der Waals surface area (Å²) in [5.41, 5.74) is 0.120. The van der Waals surface area contributed by atoms with Crippen LogP contribution in [0.25, 0.3) is 0 Å². The van der Waals surface area contributed by atoms with Gasteiger partial charge in [-0.25, -0.2) is 8.98 Å². The highest BCUT2D eigenvalue weighted by Gasteiger charge is 2.62. The Morgan fingerprint density at radius 1 is 0.841 bits per heavy atom. The highest BCUT2D eigenvalue weighted by molar-refractivity contribution is 7.85. The van der Waals surface area contributed by atoms with Crippen LogP contribution in [0.2, 0.25) is 0 Å². The van der Waals surface area contributed by atoms with E-state index in [2.05, 4.69) is 0 Å². The molecule has 10 nitrogen and oxygen atoms in total. The van der Waals surface area contributed by atoms with Gasteiger partial charge in [-0.1, -0.05) is 91.0 Å². The first-order valence-electron chi connectivity index (χ1n) is 14.6. The Morgan fingerprint density at radius 3 is 1.91 bits per heavy atom. The van der Waals surface area contributed by atoms with E-state index in [-0.39, 0.29) is 26.2 Å². The number of nitrogens with zero attached hydrogens (tertiary/aromatic N) is 1. The van der Waals surface area contributed by atoms with Crippen LogP contribution < -0.4 is 0 Å². The molecule has 2 heterocycles. The molecule has 0 radical (unpaired) electrons. The maximum atomic E-state index is 13.4. The van der Waals surface area contributed by atoms with Crippen molar-refractivity contribution in [2.45, 2.75) is 76.7 Å². The highest BCUT2D eigenvalue weighted by atomic mass is 32.2. The van der Waals surface area contributed by atoms with Crippen molar-refractivity contribution in [2.75, 3.05) is 13.2 Å². The lowest BCUT2D eigenvalue weighted by Crippen LogP contribution is -2.64. The second kappa shape index (κ2) is 13.8. The molecule has 3 aromatic carbocycles. The first-order valence-corrected chi connectivity index (χ1v) is 15.9. The number of amides is 1. The molecule has 2 fully saturated rings. The van der Waals surface area contributed by atoms with E-state index in [1.165, 1.54) is 0 Å². The SMILES string of the molecule is CC(C)(C)OC(=O)N1[C@@]2(COS1(=O)=O)C[C@@H](OCc1ccccc1)[C@H](OCc1ccccc1)C(COCc1ccccc1)O2. The predicted molar refractivity (Wildman–Crippen MR) is 161 cm³/mol. The standard InChI is InChI=1S/C33H39NO9S/c1-32(2,3)43-31(35)34-33(24-41-44(34,36)37)19-28(39-21-26-15-9-5-10-16-26)30(40-22-27-17-11-6-12-18-27)29(42-33)23-38-20-25-13-7-4-8-14-25/h4-18,28-30H,19-24H2,1-3H3/t28-,29?,30+,33+/m1/s1. The maximum absolute atomic E-state index is 13.4. The van der Waals surface area contributed by atoms with Crippen LogP contribution in [0, 0.1) is 0 Å². The zero-order valence-electron chi connectivity index (χ0n) is 25.2. The normalized spacial score (nSPS) is 24.8. The van der Waals surface area contributed by atoms with Gasteiger partial charge in [0.1, 0.15) is 24.4 Å². The van der Waals surface area contributed by atoms with Crippen molar-refractivity contribution in [3.05, 3.63) is 108 Å². The summed E-state index contributed by atoms with van der Waals surface area (Å²) in [5.74, 6) is 0. The van der Waals surface area contributed by atoms with Crippen LogP contribution >= 0.6 is 0 Å². The minimum absolute atomic E-state index is 0.0313. The molecule has 5 rings (SSSR count). The summed E-state index contributed by atoms with van der Waals surface area (Å²) in [6.07, 6.45) is -3.36. The summed E-state index contributed by atoms with van der Waals surface area (Å²) in [7, 11) is -4.52. The van der Waals surface area contributed by atoms with Crippen LogP contribution in [-0.2, 0) is 58.0 Å². The molecule has 0 saturated carbocycles. The molecule has 0 aliphatic carbocycles. The van der Waals surface area contributed by atoms with Crippen molar-refractivity contribution in [3.63, 3.8) is 0 Å². The van der Waals surface area contributed by atoms with Gasteiger partial charge < -0.3 is 23.7 Å². The lowest BCUT2D eigenvalue weighted by Gasteiger charge is -2.47. The minimum atomic E-state index is -4.52. The Hall–Kier alpha value is -3.32. The van der Waals surface area contributed by atoms with Crippen molar-refractivity contribution in [3.8, 4) is 0 Å². The Bertz CT molecular complexity index is 1470. The average Bonchev–Trinajstić information content (AvgIpc) is 3.25. The van der Waals surface area contributed by atoms with Crippen LogP contribution in [0.1, 0.15) is 43.9 Å². The fourth-order valence-electron chi connectivity index (χ4n) is 5.24. The number of hydrogen-bond donors (Lipinski definition) is 0. The Labute approximate surface area is 259 Å². The largest absolute Gasteiger partial charge is 0.443 e. The van der Waals surface area contributed by atoms with E-state index in [4.69, 9.17) is 27.9 Å². The lowest BCUT2D eigenvalue weighted by molar-refractivity contribution is -0.275. The molecule has 11 heteroatoms. The number of benzene rings is 3.